The van der Waals surface area contributed by atoms with Gasteiger partial charge in [0.2, 0.25) is 0 Å². The zero-order valence-corrected chi connectivity index (χ0v) is 13.1. The SMILES string of the molecule is Cc1c(Cl)cccc1NC(=S)N[C@@H](C)c1ccccc1. The van der Waals surface area contributed by atoms with Gasteiger partial charge in [0.05, 0.1) is 6.04 Å². The van der Waals surface area contributed by atoms with Crippen molar-refractivity contribution in [2.75, 3.05) is 5.32 Å². The Hall–Kier alpha value is -1.58. The minimum Gasteiger partial charge on any atom is -0.356 e. The van der Waals surface area contributed by atoms with Gasteiger partial charge < -0.3 is 10.6 Å². The van der Waals surface area contributed by atoms with Crippen LogP contribution in [0.2, 0.25) is 5.02 Å². The molecule has 0 spiro atoms. The van der Waals surface area contributed by atoms with Gasteiger partial charge in [-0.25, -0.2) is 0 Å². The third kappa shape index (κ3) is 3.71. The first-order valence-corrected chi connectivity index (χ1v) is 7.24. The summed E-state index contributed by atoms with van der Waals surface area (Å²) >= 11 is 11.4. The maximum Gasteiger partial charge on any atom is 0.171 e. The summed E-state index contributed by atoms with van der Waals surface area (Å²) in [5, 5.41) is 7.78. The normalized spacial score (nSPS) is 11.8. The van der Waals surface area contributed by atoms with Crippen LogP contribution in [0.1, 0.15) is 24.1 Å². The molecule has 2 rings (SSSR count). The van der Waals surface area contributed by atoms with Crippen LogP contribution in [-0.4, -0.2) is 5.11 Å². The van der Waals surface area contributed by atoms with E-state index >= 15 is 0 Å². The monoisotopic (exact) mass is 304 g/mol. The molecule has 1 atom stereocenters. The van der Waals surface area contributed by atoms with Gasteiger partial charge in [-0.3, -0.25) is 0 Å². The van der Waals surface area contributed by atoms with E-state index in [0.717, 1.165) is 16.3 Å². The van der Waals surface area contributed by atoms with Crippen LogP contribution in [0.4, 0.5) is 5.69 Å². The van der Waals surface area contributed by atoms with Gasteiger partial charge in [-0.2, -0.15) is 0 Å². The fraction of sp³-hybridized carbons (Fsp3) is 0.188. The fourth-order valence-corrected chi connectivity index (χ4v) is 2.38. The molecule has 0 aliphatic heterocycles. The minimum absolute atomic E-state index is 0.149. The Balaban J connectivity index is 2.01. The molecule has 0 aromatic heterocycles. The molecule has 2 aromatic carbocycles. The smallest absolute Gasteiger partial charge is 0.171 e. The molecule has 0 saturated heterocycles. The van der Waals surface area contributed by atoms with Crippen LogP contribution in [-0.2, 0) is 0 Å². The Bertz CT molecular complexity index is 599. The number of benzene rings is 2. The Labute approximate surface area is 130 Å². The Morgan fingerprint density at radius 2 is 1.80 bits per heavy atom. The third-order valence-electron chi connectivity index (χ3n) is 3.16. The first kappa shape index (κ1) is 14.8. The topological polar surface area (TPSA) is 24.1 Å². The summed E-state index contributed by atoms with van der Waals surface area (Å²) in [6, 6.07) is 16.1. The van der Waals surface area contributed by atoms with Gasteiger partial charge in [-0.05, 0) is 49.3 Å². The summed E-state index contributed by atoms with van der Waals surface area (Å²) in [4.78, 5) is 0. The van der Waals surface area contributed by atoms with Crippen LogP contribution in [0.5, 0.6) is 0 Å². The molecule has 0 aliphatic rings. The molecule has 104 valence electrons. The Kier molecular flexibility index (Phi) is 4.99. The number of anilines is 1. The van der Waals surface area contributed by atoms with E-state index in [1.807, 2.05) is 43.3 Å². The van der Waals surface area contributed by atoms with E-state index in [0.29, 0.717) is 5.11 Å². The molecule has 0 fully saturated rings. The van der Waals surface area contributed by atoms with Crippen LogP contribution in [0.3, 0.4) is 0 Å². The summed E-state index contributed by atoms with van der Waals surface area (Å²) in [6.07, 6.45) is 0. The van der Waals surface area contributed by atoms with E-state index in [4.69, 9.17) is 23.8 Å². The molecule has 0 aliphatic carbocycles. The molecule has 0 saturated carbocycles. The van der Waals surface area contributed by atoms with Gasteiger partial charge in [-0.15, -0.1) is 0 Å². The predicted molar refractivity (Wildman–Crippen MR) is 90.4 cm³/mol. The third-order valence-corrected chi connectivity index (χ3v) is 3.79. The number of hydrogen-bond acceptors (Lipinski definition) is 1. The second-order valence-electron chi connectivity index (χ2n) is 4.64. The van der Waals surface area contributed by atoms with E-state index in [-0.39, 0.29) is 6.04 Å². The highest BCUT2D eigenvalue weighted by molar-refractivity contribution is 7.80. The van der Waals surface area contributed by atoms with Crippen molar-refractivity contribution < 1.29 is 0 Å². The molecule has 0 unspecified atom stereocenters. The maximum atomic E-state index is 6.10. The zero-order chi connectivity index (χ0) is 14.5. The number of hydrogen-bond donors (Lipinski definition) is 2. The van der Waals surface area contributed by atoms with Crippen molar-refractivity contribution in [3.8, 4) is 0 Å². The van der Waals surface area contributed by atoms with Crippen molar-refractivity contribution in [1.82, 2.24) is 5.32 Å². The van der Waals surface area contributed by atoms with Gasteiger partial charge in [0.25, 0.3) is 0 Å². The molecular formula is C16H17ClN2S. The predicted octanol–water partition coefficient (Wildman–Crippen LogP) is 4.70. The highest BCUT2D eigenvalue weighted by atomic mass is 35.5. The van der Waals surface area contributed by atoms with Crippen molar-refractivity contribution in [1.29, 1.82) is 0 Å². The van der Waals surface area contributed by atoms with E-state index < -0.39 is 0 Å². The van der Waals surface area contributed by atoms with Crippen LogP contribution in [0.15, 0.2) is 48.5 Å². The molecule has 0 radical (unpaired) electrons. The fourth-order valence-electron chi connectivity index (χ4n) is 1.92. The van der Waals surface area contributed by atoms with Crippen LogP contribution >= 0.6 is 23.8 Å². The van der Waals surface area contributed by atoms with Crippen LogP contribution < -0.4 is 10.6 Å². The average Bonchev–Trinajstić information content (AvgIpc) is 2.45. The lowest BCUT2D eigenvalue weighted by Crippen LogP contribution is -2.31. The molecule has 2 nitrogen and oxygen atoms in total. The van der Waals surface area contributed by atoms with Gasteiger partial charge in [0, 0.05) is 10.7 Å². The molecule has 20 heavy (non-hydrogen) atoms. The van der Waals surface area contributed by atoms with Gasteiger partial charge in [0.1, 0.15) is 0 Å². The first-order valence-electron chi connectivity index (χ1n) is 6.45. The molecule has 0 amide bonds. The van der Waals surface area contributed by atoms with E-state index in [9.17, 15) is 0 Å². The van der Waals surface area contributed by atoms with E-state index in [2.05, 4.69) is 29.7 Å². The number of rotatable bonds is 3. The van der Waals surface area contributed by atoms with Crippen molar-refractivity contribution >= 4 is 34.6 Å². The lowest BCUT2D eigenvalue weighted by atomic mass is 10.1. The molecule has 2 N–H and O–H groups in total. The first-order chi connectivity index (χ1) is 9.58. The minimum atomic E-state index is 0.149. The maximum absolute atomic E-state index is 6.10. The average molecular weight is 305 g/mol. The Morgan fingerprint density at radius 3 is 2.50 bits per heavy atom. The molecule has 0 bridgehead atoms. The Morgan fingerprint density at radius 1 is 1.10 bits per heavy atom. The second kappa shape index (κ2) is 6.73. The van der Waals surface area contributed by atoms with Gasteiger partial charge in [-0.1, -0.05) is 48.0 Å². The lowest BCUT2D eigenvalue weighted by molar-refractivity contribution is 0.722. The van der Waals surface area contributed by atoms with Crippen LogP contribution in [0, 0.1) is 6.92 Å². The number of halogens is 1. The van der Waals surface area contributed by atoms with Gasteiger partial charge >= 0.3 is 0 Å². The van der Waals surface area contributed by atoms with Crippen molar-refractivity contribution in [3.63, 3.8) is 0 Å². The van der Waals surface area contributed by atoms with E-state index in [1.54, 1.807) is 0 Å². The van der Waals surface area contributed by atoms with Crippen LogP contribution in [0.25, 0.3) is 0 Å². The van der Waals surface area contributed by atoms with Gasteiger partial charge in [0.15, 0.2) is 5.11 Å². The molecule has 0 heterocycles. The summed E-state index contributed by atoms with van der Waals surface area (Å²) < 4.78 is 0. The number of thiocarbonyl (C=S) groups is 1. The second-order valence-corrected chi connectivity index (χ2v) is 5.46. The van der Waals surface area contributed by atoms with E-state index in [1.165, 1.54) is 5.56 Å². The molecule has 4 heteroatoms. The largest absolute Gasteiger partial charge is 0.356 e. The van der Waals surface area contributed by atoms with Crippen molar-refractivity contribution in [2.24, 2.45) is 0 Å². The summed E-state index contributed by atoms with van der Waals surface area (Å²) in [7, 11) is 0. The highest BCUT2D eigenvalue weighted by Crippen LogP contribution is 2.23. The quantitative estimate of drug-likeness (QED) is 0.804. The molecule has 2 aromatic rings. The number of nitrogens with one attached hydrogen (secondary N) is 2. The highest BCUT2D eigenvalue weighted by Gasteiger charge is 2.08. The summed E-state index contributed by atoms with van der Waals surface area (Å²) in [5.74, 6) is 0. The summed E-state index contributed by atoms with van der Waals surface area (Å²) in [6.45, 7) is 4.04. The molecular weight excluding hydrogens is 288 g/mol. The standard InChI is InChI=1S/C16H17ClN2S/c1-11-14(17)9-6-10-15(11)19-16(20)18-12(2)13-7-4-3-5-8-13/h3-10,12H,1-2H3,(H2,18,19,20)/t12-/m0/s1. The van der Waals surface area contributed by atoms with Crippen molar-refractivity contribution in [2.45, 2.75) is 19.9 Å². The van der Waals surface area contributed by atoms with Crippen molar-refractivity contribution in [3.05, 3.63) is 64.7 Å². The zero-order valence-electron chi connectivity index (χ0n) is 11.5. The lowest BCUT2D eigenvalue weighted by Gasteiger charge is -2.18. The summed E-state index contributed by atoms with van der Waals surface area (Å²) in [5.41, 5.74) is 3.11.